The van der Waals surface area contributed by atoms with E-state index in [1.54, 1.807) is 14.0 Å². The van der Waals surface area contributed by atoms with Crippen LogP contribution in [0.25, 0.3) is 0 Å². The van der Waals surface area contributed by atoms with Crippen LogP contribution in [0, 0.1) is 0 Å². The Morgan fingerprint density at radius 2 is 2.11 bits per heavy atom. The SMILES string of the molecule is COC(c1ccccc1)c1noc(CCC(C)=O)n1. The third kappa shape index (κ3) is 3.48. The summed E-state index contributed by atoms with van der Waals surface area (Å²) in [7, 11) is 1.60. The van der Waals surface area contributed by atoms with Gasteiger partial charge in [-0.1, -0.05) is 35.5 Å². The second-order valence-corrected chi connectivity index (χ2v) is 4.27. The summed E-state index contributed by atoms with van der Waals surface area (Å²) in [5, 5.41) is 3.92. The maximum atomic E-state index is 10.9. The van der Waals surface area contributed by atoms with Gasteiger partial charge in [-0.25, -0.2) is 0 Å². The van der Waals surface area contributed by atoms with Gasteiger partial charge in [-0.3, -0.25) is 0 Å². The van der Waals surface area contributed by atoms with E-state index in [0.29, 0.717) is 24.6 Å². The Balaban J connectivity index is 2.14. The average Bonchev–Trinajstić information content (AvgIpc) is 2.87. The molecule has 0 N–H and O–H groups in total. The van der Waals surface area contributed by atoms with Crippen LogP contribution in [0.4, 0.5) is 0 Å². The maximum Gasteiger partial charge on any atom is 0.227 e. The van der Waals surface area contributed by atoms with Gasteiger partial charge < -0.3 is 14.1 Å². The van der Waals surface area contributed by atoms with E-state index in [9.17, 15) is 4.79 Å². The fourth-order valence-corrected chi connectivity index (χ4v) is 1.78. The Hall–Kier alpha value is -2.01. The minimum atomic E-state index is -0.351. The molecule has 0 saturated carbocycles. The van der Waals surface area contributed by atoms with Gasteiger partial charge in [-0.05, 0) is 12.5 Å². The number of carbonyl (C=O) groups is 1. The highest BCUT2D eigenvalue weighted by molar-refractivity contribution is 5.75. The largest absolute Gasteiger partial charge is 0.369 e. The number of benzene rings is 1. The zero-order valence-electron chi connectivity index (χ0n) is 11.0. The van der Waals surface area contributed by atoms with E-state index in [2.05, 4.69) is 10.1 Å². The monoisotopic (exact) mass is 260 g/mol. The number of aromatic nitrogens is 2. The van der Waals surface area contributed by atoms with Crippen molar-refractivity contribution in [1.82, 2.24) is 10.1 Å². The van der Waals surface area contributed by atoms with E-state index in [4.69, 9.17) is 9.26 Å². The average molecular weight is 260 g/mol. The third-order valence-electron chi connectivity index (χ3n) is 2.75. The van der Waals surface area contributed by atoms with Gasteiger partial charge in [0.15, 0.2) is 0 Å². The van der Waals surface area contributed by atoms with Gasteiger partial charge in [0, 0.05) is 20.0 Å². The summed E-state index contributed by atoms with van der Waals surface area (Å²) in [5.41, 5.74) is 0.962. The Kier molecular flexibility index (Phi) is 4.41. The molecular formula is C14H16N2O3. The zero-order chi connectivity index (χ0) is 13.7. The zero-order valence-corrected chi connectivity index (χ0v) is 11.0. The Morgan fingerprint density at radius 1 is 1.37 bits per heavy atom. The highest BCUT2D eigenvalue weighted by atomic mass is 16.5. The van der Waals surface area contributed by atoms with Gasteiger partial charge in [0.05, 0.1) is 0 Å². The van der Waals surface area contributed by atoms with Crippen LogP contribution in [0.5, 0.6) is 0 Å². The first kappa shape index (κ1) is 13.4. The fourth-order valence-electron chi connectivity index (χ4n) is 1.78. The van der Waals surface area contributed by atoms with Crippen molar-refractivity contribution in [2.45, 2.75) is 25.9 Å². The van der Waals surface area contributed by atoms with Gasteiger partial charge in [-0.2, -0.15) is 4.98 Å². The molecule has 0 radical (unpaired) electrons. The van der Waals surface area contributed by atoms with Gasteiger partial charge in [-0.15, -0.1) is 0 Å². The number of aryl methyl sites for hydroxylation is 1. The summed E-state index contributed by atoms with van der Waals surface area (Å²) < 4.78 is 10.5. The second kappa shape index (κ2) is 6.24. The number of methoxy groups -OCH3 is 1. The molecule has 100 valence electrons. The van der Waals surface area contributed by atoms with E-state index in [1.165, 1.54) is 0 Å². The van der Waals surface area contributed by atoms with Crippen molar-refractivity contribution in [2.24, 2.45) is 0 Å². The van der Waals surface area contributed by atoms with Crippen molar-refractivity contribution < 1.29 is 14.1 Å². The molecule has 1 unspecified atom stereocenters. The van der Waals surface area contributed by atoms with Crippen LogP contribution in [-0.4, -0.2) is 23.0 Å². The molecule has 0 aliphatic heterocycles. The summed E-state index contributed by atoms with van der Waals surface area (Å²) in [6.45, 7) is 1.54. The molecule has 1 aromatic heterocycles. The Morgan fingerprint density at radius 3 is 2.74 bits per heavy atom. The first-order chi connectivity index (χ1) is 9.20. The van der Waals surface area contributed by atoms with Crippen LogP contribution in [0.15, 0.2) is 34.9 Å². The fraction of sp³-hybridized carbons (Fsp3) is 0.357. The second-order valence-electron chi connectivity index (χ2n) is 4.27. The predicted octanol–water partition coefficient (Wildman–Crippen LogP) is 2.33. The van der Waals surface area contributed by atoms with Crippen molar-refractivity contribution in [3.05, 3.63) is 47.6 Å². The van der Waals surface area contributed by atoms with Crippen LogP contribution in [-0.2, 0) is 16.0 Å². The topological polar surface area (TPSA) is 65.2 Å². The number of Topliss-reactive ketones (excluding diaryl/α,β-unsaturated/α-hetero) is 1. The summed E-state index contributed by atoms with van der Waals surface area (Å²) in [4.78, 5) is 15.2. The van der Waals surface area contributed by atoms with E-state index in [1.807, 2.05) is 30.3 Å². The van der Waals surface area contributed by atoms with Gasteiger partial charge in [0.2, 0.25) is 11.7 Å². The summed E-state index contributed by atoms with van der Waals surface area (Å²) >= 11 is 0. The molecule has 0 aliphatic carbocycles. The van der Waals surface area contributed by atoms with E-state index < -0.39 is 0 Å². The van der Waals surface area contributed by atoms with Gasteiger partial charge >= 0.3 is 0 Å². The van der Waals surface area contributed by atoms with Crippen LogP contribution in [0.1, 0.15) is 36.7 Å². The number of ether oxygens (including phenoxy) is 1. The lowest BCUT2D eigenvalue weighted by molar-refractivity contribution is -0.117. The molecule has 19 heavy (non-hydrogen) atoms. The molecule has 2 aromatic rings. The Bertz CT molecular complexity index is 537. The number of ketones is 1. The highest BCUT2D eigenvalue weighted by Gasteiger charge is 2.19. The Labute approximate surface area is 111 Å². The predicted molar refractivity (Wildman–Crippen MR) is 68.6 cm³/mol. The lowest BCUT2D eigenvalue weighted by atomic mass is 10.1. The molecule has 0 fully saturated rings. The lowest BCUT2D eigenvalue weighted by Crippen LogP contribution is -2.05. The maximum absolute atomic E-state index is 10.9. The summed E-state index contributed by atoms with van der Waals surface area (Å²) in [6.07, 6.45) is 0.522. The van der Waals surface area contributed by atoms with E-state index >= 15 is 0 Å². The number of rotatable bonds is 6. The lowest BCUT2D eigenvalue weighted by Gasteiger charge is -2.10. The number of carbonyl (C=O) groups excluding carboxylic acids is 1. The number of hydrogen-bond donors (Lipinski definition) is 0. The summed E-state index contributed by atoms with van der Waals surface area (Å²) in [6, 6.07) is 9.68. The minimum Gasteiger partial charge on any atom is -0.369 e. The minimum absolute atomic E-state index is 0.103. The van der Waals surface area contributed by atoms with Crippen molar-refractivity contribution >= 4 is 5.78 Å². The van der Waals surface area contributed by atoms with E-state index in [-0.39, 0.29) is 11.9 Å². The molecule has 5 nitrogen and oxygen atoms in total. The molecule has 1 heterocycles. The van der Waals surface area contributed by atoms with Gasteiger partial charge in [0.25, 0.3) is 0 Å². The molecule has 1 aromatic carbocycles. The molecule has 0 bridgehead atoms. The van der Waals surface area contributed by atoms with Crippen molar-refractivity contribution in [3.63, 3.8) is 0 Å². The van der Waals surface area contributed by atoms with Crippen LogP contribution in [0.3, 0.4) is 0 Å². The molecule has 2 rings (SSSR count). The van der Waals surface area contributed by atoms with E-state index in [0.717, 1.165) is 5.56 Å². The molecule has 0 aliphatic rings. The quantitative estimate of drug-likeness (QED) is 0.797. The normalized spacial score (nSPS) is 12.3. The summed E-state index contributed by atoms with van der Waals surface area (Å²) in [5.74, 6) is 1.04. The number of nitrogens with zero attached hydrogens (tertiary/aromatic N) is 2. The van der Waals surface area contributed by atoms with Crippen LogP contribution in [0.2, 0.25) is 0 Å². The van der Waals surface area contributed by atoms with Crippen molar-refractivity contribution in [2.75, 3.05) is 7.11 Å². The molecule has 0 amide bonds. The molecule has 1 atom stereocenters. The molecule has 5 heteroatoms. The van der Waals surface area contributed by atoms with Crippen LogP contribution < -0.4 is 0 Å². The highest BCUT2D eigenvalue weighted by Crippen LogP contribution is 2.22. The van der Waals surface area contributed by atoms with Crippen LogP contribution >= 0.6 is 0 Å². The third-order valence-corrected chi connectivity index (χ3v) is 2.75. The molecule has 0 saturated heterocycles. The molecule has 0 spiro atoms. The smallest absolute Gasteiger partial charge is 0.227 e. The first-order valence-electron chi connectivity index (χ1n) is 6.10. The van der Waals surface area contributed by atoms with Gasteiger partial charge in [0.1, 0.15) is 11.9 Å². The number of hydrogen-bond acceptors (Lipinski definition) is 5. The first-order valence-corrected chi connectivity index (χ1v) is 6.10. The van der Waals surface area contributed by atoms with Crippen molar-refractivity contribution in [1.29, 1.82) is 0 Å². The van der Waals surface area contributed by atoms with Crippen molar-refractivity contribution in [3.8, 4) is 0 Å². The standard InChI is InChI=1S/C14H16N2O3/c1-10(17)8-9-12-15-14(16-19-12)13(18-2)11-6-4-3-5-7-11/h3-7,13H,8-9H2,1-2H3. The molecular weight excluding hydrogens is 244 g/mol.